The Morgan fingerprint density at radius 2 is 1.90 bits per heavy atom. The van der Waals surface area contributed by atoms with Crippen molar-refractivity contribution < 1.29 is 27.9 Å². The topological polar surface area (TPSA) is 77.5 Å². The molecule has 0 N–H and O–H groups in total. The largest absolute Gasteiger partial charge is 0.483 e. The van der Waals surface area contributed by atoms with Crippen LogP contribution in [0.4, 0.5) is 4.79 Å². The van der Waals surface area contributed by atoms with E-state index in [1.165, 1.54) is 8.38 Å². The summed E-state index contributed by atoms with van der Waals surface area (Å²) >= 11 is 0.989. The maximum Gasteiger partial charge on any atom is 0.426 e. The molecule has 2 aliphatic rings. The van der Waals surface area contributed by atoms with Gasteiger partial charge in [0.05, 0.1) is 25.3 Å². The van der Waals surface area contributed by atoms with Gasteiger partial charge in [0.1, 0.15) is 5.60 Å². The van der Waals surface area contributed by atoms with Crippen LogP contribution in [0.2, 0.25) is 0 Å². The lowest BCUT2D eigenvalue weighted by atomic mass is 9.97. The van der Waals surface area contributed by atoms with E-state index in [0.717, 1.165) is 37.0 Å². The fraction of sp³-hybridized carbons (Fsp3) is 0.667. The van der Waals surface area contributed by atoms with E-state index in [-0.39, 0.29) is 11.0 Å². The number of rotatable bonds is 7. The first-order valence-electron chi connectivity index (χ1n) is 10.6. The molecule has 0 spiro atoms. The van der Waals surface area contributed by atoms with E-state index in [1.54, 1.807) is 13.1 Å². The number of hydrogen-bond acceptors (Lipinski definition) is 7. The Kier molecular flexibility index (Phi) is 7.33. The van der Waals surface area contributed by atoms with Crippen LogP contribution < -0.4 is 9.47 Å². The molecular formula is C21H33N2O6PS. The van der Waals surface area contributed by atoms with Crippen molar-refractivity contribution in [2.24, 2.45) is 5.41 Å². The third-order valence-electron chi connectivity index (χ3n) is 4.94. The number of fused-ring (bicyclic) bond motifs is 1. The van der Waals surface area contributed by atoms with Crippen LogP contribution in [0.3, 0.4) is 0 Å². The average Bonchev–Trinajstić information content (AvgIpc) is 3.02. The molecule has 8 nitrogen and oxygen atoms in total. The number of benzene rings is 1. The molecule has 2 aliphatic heterocycles. The van der Waals surface area contributed by atoms with Gasteiger partial charge in [-0.1, -0.05) is 39.3 Å². The maximum atomic E-state index is 13.3. The summed E-state index contributed by atoms with van der Waals surface area (Å²) in [6, 6.07) is 5.52. The van der Waals surface area contributed by atoms with E-state index >= 15 is 0 Å². The zero-order chi connectivity index (χ0) is 22.9. The molecule has 0 radical (unpaired) electrons. The molecule has 31 heavy (non-hydrogen) atoms. The average molecular weight is 473 g/mol. The van der Waals surface area contributed by atoms with Crippen LogP contribution in [0.25, 0.3) is 0 Å². The van der Waals surface area contributed by atoms with E-state index in [2.05, 4.69) is 0 Å². The van der Waals surface area contributed by atoms with Crippen molar-refractivity contribution in [3.63, 3.8) is 0 Å². The van der Waals surface area contributed by atoms with Gasteiger partial charge in [-0.25, -0.2) is 13.7 Å². The molecule has 0 unspecified atom stereocenters. The molecular weight excluding hydrogens is 439 g/mol. The number of hydrogen-bond donors (Lipinski definition) is 0. The molecule has 1 aromatic rings. The van der Waals surface area contributed by atoms with Crippen molar-refractivity contribution in [1.82, 2.24) is 8.38 Å². The number of para-hydroxylation sites is 1. The quantitative estimate of drug-likeness (QED) is 0.371. The van der Waals surface area contributed by atoms with Crippen molar-refractivity contribution in [2.75, 3.05) is 26.8 Å². The molecule has 0 atom stereocenters. The van der Waals surface area contributed by atoms with E-state index in [9.17, 15) is 9.36 Å². The van der Waals surface area contributed by atoms with Crippen molar-refractivity contribution in [3.05, 3.63) is 23.8 Å². The fourth-order valence-electron chi connectivity index (χ4n) is 3.22. The summed E-state index contributed by atoms with van der Waals surface area (Å²) in [5.41, 5.74) is 0.457. The van der Waals surface area contributed by atoms with Crippen molar-refractivity contribution in [2.45, 2.75) is 59.5 Å². The number of carbonyl (C=O) groups is 1. The molecule has 1 saturated heterocycles. The van der Waals surface area contributed by atoms with Gasteiger partial charge in [-0.05, 0) is 26.3 Å². The second-order valence-corrected chi connectivity index (χ2v) is 12.7. The third-order valence-corrected chi connectivity index (χ3v) is 8.18. The van der Waals surface area contributed by atoms with Crippen LogP contribution >= 0.6 is 19.9 Å². The molecule has 10 heteroatoms. The van der Waals surface area contributed by atoms with E-state index < -0.39 is 13.8 Å². The SMILES string of the molecule is CCCCN(SN(C)C(=O)Oc1cccc2c1OC(C)(C)C2)P1(=O)OCC(C)(C)CO1. The first-order valence-corrected chi connectivity index (χ1v) is 12.8. The Labute approximate surface area is 189 Å². The molecule has 1 aromatic carbocycles. The minimum Gasteiger partial charge on any atom is -0.483 e. The highest BCUT2D eigenvalue weighted by atomic mass is 32.2. The first-order chi connectivity index (χ1) is 14.4. The highest BCUT2D eigenvalue weighted by Crippen LogP contribution is 2.59. The summed E-state index contributed by atoms with van der Waals surface area (Å²) in [6.45, 7) is 11.1. The zero-order valence-corrected chi connectivity index (χ0v) is 20.9. The van der Waals surface area contributed by atoms with Crippen molar-refractivity contribution in [1.29, 1.82) is 0 Å². The van der Waals surface area contributed by atoms with Crippen molar-refractivity contribution in [3.8, 4) is 11.5 Å². The summed E-state index contributed by atoms with van der Waals surface area (Å²) in [5.74, 6) is 0.968. The maximum absolute atomic E-state index is 13.3. The Balaban J connectivity index is 1.68. The highest BCUT2D eigenvalue weighted by Gasteiger charge is 2.43. The minimum absolute atomic E-state index is 0.207. The predicted molar refractivity (Wildman–Crippen MR) is 121 cm³/mol. The van der Waals surface area contributed by atoms with Crippen LogP contribution in [0.5, 0.6) is 11.5 Å². The lowest BCUT2D eigenvalue weighted by Gasteiger charge is -2.38. The van der Waals surface area contributed by atoms with Gasteiger partial charge in [-0.2, -0.15) is 0 Å². The second-order valence-electron chi connectivity index (χ2n) is 9.34. The van der Waals surface area contributed by atoms with Crippen LogP contribution in [0.15, 0.2) is 18.2 Å². The number of amides is 1. The van der Waals surface area contributed by atoms with E-state index in [1.807, 2.05) is 46.8 Å². The summed E-state index contributed by atoms with van der Waals surface area (Å²) < 4.78 is 39.1. The van der Waals surface area contributed by atoms with E-state index in [0.29, 0.717) is 31.3 Å². The molecule has 2 heterocycles. The van der Waals surface area contributed by atoms with Gasteiger partial charge in [0.2, 0.25) is 0 Å². The van der Waals surface area contributed by atoms with Gasteiger partial charge in [0.25, 0.3) is 0 Å². The number of carbonyl (C=O) groups excluding carboxylic acids is 1. The Morgan fingerprint density at radius 1 is 1.23 bits per heavy atom. The van der Waals surface area contributed by atoms with E-state index in [4.69, 9.17) is 18.5 Å². The lowest BCUT2D eigenvalue weighted by Crippen LogP contribution is -2.35. The second kappa shape index (κ2) is 9.32. The first kappa shape index (κ1) is 24.4. The van der Waals surface area contributed by atoms with Crippen LogP contribution in [0, 0.1) is 5.41 Å². The van der Waals surface area contributed by atoms with Crippen LogP contribution in [-0.2, 0) is 20.0 Å². The Hall–Kier alpha value is -1.25. The number of unbranched alkanes of at least 4 members (excludes halogenated alkanes) is 1. The molecule has 0 bridgehead atoms. The van der Waals surface area contributed by atoms with Gasteiger partial charge in [-0.3, -0.25) is 9.05 Å². The summed E-state index contributed by atoms with van der Waals surface area (Å²) in [6.07, 6.45) is 1.83. The Morgan fingerprint density at radius 3 is 2.55 bits per heavy atom. The molecule has 1 fully saturated rings. The molecule has 0 aliphatic carbocycles. The Bertz CT molecular complexity index is 848. The lowest BCUT2D eigenvalue weighted by molar-refractivity contribution is 0.0297. The van der Waals surface area contributed by atoms with Crippen molar-refractivity contribution >= 4 is 26.0 Å². The summed E-state index contributed by atoms with van der Waals surface area (Å²) in [5, 5.41) is 0. The molecule has 0 saturated carbocycles. The van der Waals surface area contributed by atoms with Gasteiger partial charge in [0.15, 0.2) is 11.5 Å². The third kappa shape index (κ3) is 5.96. The zero-order valence-electron chi connectivity index (χ0n) is 19.2. The summed E-state index contributed by atoms with van der Waals surface area (Å²) in [7, 11) is -1.95. The molecule has 3 rings (SSSR count). The normalized spacial score (nSPS) is 20.7. The number of ether oxygens (including phenoxy) is 2. The van der Waals surface area contributed by atoms with Gasteiger partial charge in [0, 0.05) is 31.0 Å². The molecule has 1 amide bonds. The standard InChI is InChI=1S/C21H33N2O6PS/c1-7-8-12-23(30(25)26-14-20(2,3)15-27-30)31-22(6)19(24)28-17-11-9-10-16-13-21(4,5)29-18(16)17/h9-11H,7-8,12-15H2,1-6H3. The molecule has 174 valence electrons. The van der Waals surface area contributed by atoms with Crippen LogP contribution in [0.1, 0.15) is 53.0 Å². The summed E-state index contributed by atoms with van der Waals surface area (Å²) in [4.78, 5) is 12.8. The monoisotopic (exact) mass is 472 g/mol. The highest BCUT2D eigenvalue weighted by molar-refractivity contribution is 7.99. The van der Waals surface area contributed by atoms with Crippen LogP contribution in [-0.4, -0.2) is 46.9 Å². The predicted octanol–water partition coefficient (Wildman–Crippen LogP) is 5.68. The van der Waals surface area contributed by atoms with Gasteiger partial charge < -0.3 is 9.47 Å². The number of nitrogens with zero attached hydrogens (tertiary/aromatic N) is 2. The minimum atomic E-state index is -3.52. The fourth-order valence-corrected chi connectivity index (χ4v) is 6.53. The van der Waals surface area contributed by atoms with Gasteiger partial charge in [-0.15, -0.1) is 4.08 Å². The molecule has 0 aromatic heterocycles. The smallest absolute Gasteiger partial charge is 0.426 e. The van der Waals surface area contributed by atoms with Gasteiger partial charge >= 0.3 is 13.8 Å².